The van der Waals surface area contributed by atoms with Crippen molar-refractivity contribution in [1.29, 1.82) is 0 Å². The van der Waals surface area contributed by atoms with Gasteiger partial charge in [0.25, 0.3) is 0 Å². The Bertz CT molecular complexity index is 529. The summed E-state index contributed by atoms with van der Waals surface area (Å²) in [4.78, 5) is 4.01. The first kappa shape index (κ1) is 11.9. The predicted molar refractivity (Wildman–Crippen MR) is 68.4 cm³/mol. The fraction of sp³-hybridized carbons (Fsp3) is 0.154. The zero-order valence-corrected chi connectivity index (χ0v) is 10.2. The highest BCUT2D eigenvalue weighted by Gasteiger charge is 2.04. The second-order valence-corrected chi connectivity index (χ2v) is 4.11. The number of ether oxygens (including phenoxy) is 1. The lowest BCUT2D eigenvalue weighted by atomic mass is 10.2. The fourth-order valence-corrected chi connectivity index (χ4v) is 1.71. The molecule has 88 valence electrons. The largest absolute Gasteiger partial charge is 0.457 e. The van der Waals surface area contributed by atoms with Gasteiger partial charge in [-0.05, 0) is 30.7 Å². The van der Waals surface area contributed by atoms with E-state index in [-0.39, 0.29) is 0 Å². The number of hydrogen-bond acceptors (Lipinski definition) is 3. The summed E-state index contributed by atoms with van der Waals surface area (Å²) in [6.45, 7) is 2.37. The smallest absolute Gasteiger partial charge is 0.133 e. The Morgan fingerprint density at radius 1 is 1.35 bits per heavy atom. The molecule has 0 atom stereocenters. The van der Waals surface area contributed by atoms with Crippen LogP contribution in [0.15, 0.2) is 36.7 Å². The molecule has 2 rings (SSSR count). The molecule has 0 amide bonds. The van der Waals surface area contributed by atoms with Gasteiger partial charge in [-0.2, -0.15) is 0 Å². The van der Waals surface area contributed by atoms with Crippen LogP contribution in [0.25, 0.3) is 0 Å². The number of hydrogen-bond donors (Lipinski definition) is 1. The molecular formula is C13H13ClN2O. The number of benzene rings is 1. The number of pyridine rings is 1. The van der Waals surface area contributed by atoms with Crippen LogP contribution in [0, 0.1) is 6.92 Å². The van der Waals surface area contributed by atoms with E-state index in [0.717, 1.165) is 16.9 Å². The predicted octanol–water partition coefficient (Wildman–Crippen LogP) is 3.29. The molecule has 0 bridgehead atoms. The van der Waals surface area contributed by atoms with Gasteiger partial charge < -0.3 is 10.5 Å². The lowest BCUT2D eigenvalue weighted by molar-refractivity contribution is 0.478. The van der Waals surface area contributed by atoms with Gasteiger partial charge in [0.05, 0.1) is 0 Å². The lowest BCUT2D eigenvalue weighted by Crippen LogP contribution is -1.97. The number of aryl methyl sites for hydroxylation is 1. The molecule has 0 aliphatic rings. The molecule has 17 heavy (non-hydrogen) atoms. The molecule has 0 spiro atoms. The van der Waals surface area contributed by atoms with E-state index in [0.29, 0.717) is 17.3 Å². The average molecular weight is 249 g/mol. The van der Waals surface area contributed by atoms with Gasteiger partial charge in [-0.3, -0.25) is 4.98 Å². The topological polar surface area (TPSA) is 48.1 Å². The van der Waals surface area contributed by atoms with Crippen LogP contribution < -0.4 is 10.5 Å². The Morgan fingerprint density at radius 3 is 2.82 bits per heavy atom. The SMILES string of the molecule is Cc1cnccc1Oc1ccc(CN)c(Cl)c1. The maximum atomic E-state index is 6.06. The van der Waals surface area contributed by atoms with Crippen LogP contribution in [0.4, 0.5) is 0 Å². The van der Waals surface area contributed by atoms with Crippen molar-refractivity contribution >= 4 is 11.6 Å². The average Bonchev–Trinajstić information content (AvgIpc) is 2.32. The molecule has 0 fully saturated rings. The zero-order valence-electron chi connectivity index (χ0n) is 9.48. The van der Waals surface area contributed by atoms with Crippen molar-refractivity contribution in [2.24, 2.45) is 5.73 Å². The van der Waals surface area contributed by atoms with Gasteiger partial charge in [-0.1, -0.05) is 17.7 Å². The minimum atomic E-state index is 0.424. The maximum absolute atomic E-state index is 6.06. The van der Waals surface area contributed by atoms with Crippen LogP contribution in [0.5, 0.6) is 11.5 Å². The van der Waals surface area contributed by atoms with Gasteiger partial charge >= 0.3 is 0 Å². The highest BCUT2D eigenvalue weighted by molar-refractivity contribution is 6.31. The van der Waals surface area contributed by atoms with Gasteiger partial charge in [0.1, 0.15) is 11.5 Å². The van der Waals surface area contributed by atoms with Gasteiger partial charge in [0.15, 0.2) is 0 Å². The van der Waals surface area contributed by atoms with Gasteiger partial charge in [0, 0.05) is 29.5 Å². The van der Waals surface area contributed by atoms with E-state index in [1.807, 2.05) is 25.1 Å². The summed E-state index contributed by atoms with van der Waals surface area (Å²) in [7, 11) is 0. The van der Waals surface area contributed by atoms with Crippen molar-refractivity contribution in [3.63, 3.8) is 0 Å². The summed E-state index contributed by atoms with van der Waals surface area (Å²) >= 11 is 6.06. The molecule has 0 aliphatic carbocycles. The monoisotopic (exact) mass is 248 g/mol. The van der Waals surface area contributed by atoms with Crippen LogP contribution in [-0.4, -0.2) is 4.98 Å². The van der Waals surface area contributed by atoms with Crippen molar-refractivity contribution in [3.05, 3.63) is 52.8 Å². The Kier molecular flexibility index (Phi) is 3.61. The molecule has 0 unspecified atom stereocenters. The molecule has 1 aromatic heterocycles. The first-order valence-electron chi connectivity index (χ1n) is 5.27. The summed E-state index contributed by atoms with van der Waals surface area (Å²) < 4.78 is 5.72. The molecule has 0 radical (unpaired) electrons. The summed E-state index contributed by atoms with van der Waals surface area (Å²) in [5.41, 5.74) is 7.43. The third-order valence-electron chi connectivity index (χ3n) is 2.44. The summed E-state index contributed by atoms with van der Waals surface area (Å²) in [6, 6.07) is 7.31. The van der Waals surface area contributed by atoms with Crippen molar-refractivity contribution in [3.8, 4) is 11.5 Å². The zero-order chi connectivity index (χ0) is 12.3. The van der Waals surface area contributed by atoms with E-state index in [2.05, 4.69) is 4.98 Å². The van der Waals surface area contributed by atoms with Crippen molar-refractivity contribution in [2.75, 3.05) is 0 Å². The Hall–Kier alpha value is -1.58. The second-order valence-electron chi connectivity index (χ2n) is 3.70. The van der Waals surface area contributed by atoms with E-state index >= 15 is 0 Å². The minimum Gasteiger partial charge on any atom is -0.457 e. The lowest BCUT2D eigenvalue weighted by Gasteiger charge is -2.09. The van der Waals surface area contributed by atoms with Crippen molar-refractivity contribution in [1.82, 2.24) is 4.98 Å². The number of aromatic nitrogens is 1. The molecule has 0 aliphatic heterocycles. The number of nitrogens with zero attached hydrogens (tertiary/aromatic N) is 1. The summed E-state index contributed by atoms with van der Waals surface area (Å²) in [6.07, 6.45) is 3.45. The third-order valence-corrected chi connectivity index (χ3v) is 2.79. The molecule has 2 aromatic rings. The van der Waals surface area contributed by atoms with Crippen LogP contribution >= 0.6 is 11.6 Å². The fourth-order valence-electron chi connectivity index (χ4n) is 1.46. The maximum Gasteiger partial charge on any atom is 0.133 e. The molecule has 2 N–H and O–H groups in total. The number of nitrogens with two attached hydrogens (primary N) is 1. The van der Waals surface area contributed by atoms with Crippen LogP contribution in [0.3, 0.4) is 0 Å². The first-order chi connectivity index (χ1) is 8.20. The number of halogens is 1. The highest BCUT2D eigenvalue weighted by atomic mass is 35.5. The van der Waals surface area contributed by atoms with Gasteiger partial charge in [0.2, 0.25) is 0 Å². The van der Waals surface area contributed by atoms with Crippen LogP contribution in [0.2, 0.25) is 5.02 Å². The van der Waals surface area contributed by atoms with E-state index in [1.54, 1.807) is 18.5 Å². The summed E-state index contributed by atoms with van der Waals surface area (Å²) in [5, 5.41) is 0.622. The second kappa shape index (κ2) is 5.17. The Balaban J connectivity index is 2.25. The number of rotatable bonds is 3. The first-order valence-corrected chi connectivity index (χ1v) is 5.65. The van der Waals surface area contributed by atoms with Gasteiger partial charge in [-0.25, -0.2) is 0 Å². The molecule has 1 aromatic carbocycles. The summed E-state index contributed by atoms with van der Waals surface area (Å²) in [5.74, 6) is 1.47. The van der Waals surface area contributed by atoms with Crippen molar-refractivity contribution < 1.29 is 4.74 Å². The molecule has 4 heteroatoms. The van der Waals surface area contributed by atoms with Crippen LogP contribution in [-0.2, 0) is 6.54 Å². The molecular weight excluding hydrogens is 236 g/mol. The van der Waals surface area contributed by atoms with E-state index in [4.69, 9.17) is 22.1 Å². The molecule has 1 heterocycles. The quantitative estimate of drug-likeness (QED) is 0.907. The van der Waals surface area contributed by atoms with E-state index < -0.39 is 0 Å². The standard InChI is InChI=1S/C13H13ClN2O/c1-9-8-16-5-4-13(9)17-11-3-2-10(7-15)12(14)6-11/h2-6,8H,7,15H2,1H3. The third kappa shape index (κ3) is 2.75. The molecule has 0 saturated heterocycles. The van der Waals surface area contributed by atoms with Gasteiger partial charge in [-0.15, -0.1) is 0 Å². The minimum absolute atomic E-state index is 0.424. The molecule has 3 nitrogen and oxygen atoms in total. The molecule has 0 saturated carbocycles. The Labute approximate surface area is 105 Å². The van der Waals surface area contributed by atoms with Crippen molar-refractivity contribution in [2.45, 2.75) is 13.5 Å². The highest BCUT2D eigenvalue weighted by Crippen LogP contribution is 2.27. The van der Waals surface area contributed by atoms with Crippen LogP contribution in [0.1, 0.15) is 11.1 Å². The van der Waals surface area contributed by atoms with E-state index in [1.165, 1.54) is 0 Å². The van der Waals surface area contributed by atoms with E-state index in [9.17, 15) is 0 Å². The Morgan fingerprint density at radius 2 is 2.18 bits per heavy atom. The normalized spacial score (nSPS) is 10.3.